The molecule has 2 N–H and O–H groups in total. The van der Waals surface area contributed by atoms with E-state index in [4.69, 9.17) is 0 Å². The van der Waals surface area contributed by atoms with Crippen molar-refractivity contribution in [3.05, 3.63) is 0 Å². The lowest BCUT2D eigenvalue weighted by atomic mass is 9.64. The van der Waals surface area contributed by atoms with Crippen molar-refractivity contribution in [2.75, 3.05) is 26.2 Å². The van der Waals surface area contributed by atoms with Gasteiger partial charge in [-0.3, -0.25) is 14.5 Å². The first kappa shape index (κ1) is 23.9. The van der Waals surface area contributed by atoms with Crippen molar-refractivity contribution in [2.45, 2.75) is 77.8 Å². The van der Waals surface area contributed by atoms with Gasteiger partial charge in [0.2, 0.25) is 5.91 Å². The Balaban J connectivity index is 0.00000300. The minimum atomic E-state index is -0.844. The minimum Gasteiger partial charge on any atom is -0.338 e. The Morgan fingerprint density at radius 1 is 1.21 bits per heavy atom. The van der Waals surface area contributed by atoms with Gasteiger partial charge in [-0.05, 0) is 62.9 Å². The third-order valence-electron chi connectivity index (χ3n) is 6.45. The van der Waals surface area contributed by atoms with Crippen LogP contribution in [0.1, 0.15) is 66.2 Å². The molecule has 4 amide bonds. The highest BCUT2D eigenvalue weighted by atomic mass is 35.5. The van der Waals surface area contributed by atoms with E-state index in [0.29, 0.717) is 25.3 Å². The number of carbonyl (C=O) groups is 3. The van der Waals surface area contributed by atoms with Crippen molar-refractivity contribution in [1.82, 2.24) is 20.4 Å². The van der Waals surface area contributed by atoms with E-state index >= 15 is 0 Å². The summed E-state index contributed by atoms with van der Waals surface area (Å²) < 4.78 is 0. The standard InChI is InChI=1S/C21H36N4O3.ClH/c1-5-10-24(16-6-8-22-9-7-16)17(26)13-25-18(27)21(23-19(25)28)12-15(2)11-20(3,4)14-21;/h15-16,22H,5-14H2,1-4H3,(H,23,28);1H. The highest BCUT2D eigenvalue weighted by Gasteiger charge is 2.56. The smallest absolute Gasteiger partial charge is 0.325 e. The summed E-state index contributed by atoms with van der Waals surface area (Å²) in [4.78, 5) is 42.1. The normalized spacial score (nSPS) is 29.5. The summed E-state index contributed by atoms with van der Waals surface area (Å²) in [5.74, 6) is 0.0274. The van der Waals surface area contributed by atoms with Gasteiger partial charge in [0.15, 0.2) is 0 Å². The van der Waals surface area contributed by atoms with Gasteiger partial charge in [0.05, 0.1) is 0 Å². The number of carbonyl (C=O) groups excluding carboxylic acids is 3. The zero-order chi connectivity index (χ0) is 20.5. The molecular weight excluding hydrogens is 392 g/mol. The molecule has 7 nitrogen and oxygen atoms in total. The average molecular weight is 429 g/mol. The molecule has 0 aromatic rings. The minimum absolute atomic E-state index is 0. The predicted molar refractivity (Wildman–Crippen MR) is 115 cm³/mol. The van der Waals surface area contributed by atoms with Crippen molar-refractivity contribution in [1.29, 1.82) is 0 Å². The lowest BCUT2D eigenvalue weighted by molar-refractivity contribution is -0.142. The lowest BCUT2D eigenvalue weighted by Crippen LogP contribution is -2.54. The second-order valence-corrected chi connectivity index (χ2v) is 9.83. The van der Waals surface area contributed by atoms with Crippen LogP contribution in [-0.2, 0) is 9.59 Å². The van der Waals surface area contributed by atoms with Gasteiger partial charge < -0.3 is 15.5 Å². The Morgan fingerprint density at radius 3 is 2.45 bits per heavy atom. The molecule has 1 aliphatic carbocycles. The number of piperidine rings is 1. The van der Waals surface area contributed by atoms with Crippen molar-refractivity contribution >= 4 is 30.3 Å². The number of halogens is 1. The van der Waals surface area contributed by atoms with Gasteiger partial charge in [0, 0.05) is 12.6 Å². The summed E-state index contributed by atoms with van der Waals surface area (Å²) in [7, 11) is 0. The fourth-order valence-electron chi connectivity index (χ4n) is 5.75. The number of imide groups is 1. The van der Waals surface area contributed by atoms with E-state index in [1.807, 2.05) is 4.90 Å². The maximum atomic E-state index is 13.3. The van der Waals surface area contributed by atoms with Crippen LogP contribution in [0.4, 0.5) is 4.79 Å². The molecule has 3 aliphatic rings. The first-order chi connectivity index (χ1) is 13.2. The third-order valence-corrected chi connectivity index (χ3v) is 6.45. The summed E-state index contributed by atoms with van der Waals surface area (Å²) >= 11 is 0. The molecule has 0 aromatic carbocycles. The van der Waals surface area contributed by atoms with Crippen LogP contribution < -0.4 is 10.6 Å². The number of hydrogen-bond donors (Lipinski definition) is 2. The molecule has 8 heteroatoms. The van der Waals surface area contributed by atoms with Gasteiger partial charge in [0.1, 0.15) is 12.1 Å². The van der Waals surface area contributed by atoms with E-state index in [2.05, 4.69) is 38.3 Å². The topological polar surface area (TPSA) is 81.8 Å². The number of amides is 4. The molecule has 1 spiro atoms. The summed E-state index contributed by atoms with van der Waals surface area (Å²) in [6.45, 7) is 10.8. The molecule has 2 saturated heterocycles. The quantitative estimate of drug-likeness (QED) is 0.659. The van der Waals surface area contributed by atoms with Crippen molar-refractivity contribution < 1.29 is 14.4 Å². The third kappa shape index (κ3) is 5.05. The van der Waals surface area contributed by atoms with Gasteiger partial charge >= 0.3 is 6.03 Å². The second-order valence-electron chi connectivity index (χ2n) is 9.83. The van der Waals surface area contributed by atoms with E-state index < -0.39 is 11.6 Å². The first-order valence-corrected chi connectivity index (χ1v) is 10.8. The Morgan fingerprint density at radius 2 is 1.86 bits per heavy atom. The van der Waals surface area contributed by atoms with Crippen LogP contribution >= 0.6 is 12.4 Å². The molecular formula is C21H37ClN4O3. The van der Waals surface area contributed by atoms with Gasteiger partial charge in [-0.15, -0.1) is 12.4 Å². The number of rotatable bonds is 5. The number of urea groups is 1. The summed E-state index contributed by atoms with van der Waals surface area (Å²) in [6, 6.07) is -0.220. The lowest BCUT2D eigenvalue weighted by Gasteiger charge is -2.43. The van der Waals surface area contributed by atoms with Crippen LogP contribution in [0, 0.1) is 11.3 Å². The Labute approximate surface area is 180 Å². The van der Waals surface area contributed by atoms with Crippen LogP contribution in [0.5, 0.6) is 0 Å². The van der Waals surface area contributed by atoms with Gasteiger partial charge in [0.25, 0.3) is 5.91 Å². The Kier molecular flexibility index (Phi) is 7.60. The average Bonchev–Trinajstić information content (AvgIpc) is 2.82. The maximum Gasteiger partial charge on any atom is 0.325 e. The molecule has 3 rings (SSSR count). The van der Waals surface area contributed by atoms with E-state index in [0.717, 1.165) is 38.8 Å². The van der Waals surface area contributed by atoms with Crippen molar-refractivity contribution in [3.63, 3.8) is 0 Å². The highest BCUT2D eigenvalue weighted by Crippen LogP contribution is 2.46. The molecule has 29 heavy (non-hydrogen) atoms. The fraction of sp³-hybridized carbons (Fsp3) is 0.857. The van der Waals surface area contributed by atoms with E-state index in [-0.39, 0.29) is 42.2 Å². The van der Waals surface area contributed by atoms with Crippen LogP contribution in [0.3, 0.4) is 0 Å². The van der Waals surface area contributed by atoms with E-state index in [1.54, 1.807) is 0 Å². The van der Waals surface area contributed by atoms with Gasteiger partial charge in [-0.25, -0.2) is 4.79 Å². The zero-order valence-electron chi connectivity index (χ0n) is 18.3. The monoisotopic (exact) mass is 428 g/mol. The first-order valence-electron chi connectivity index (χ1n) is 10.8. The molecule has 0 aromatic heterocycles. The van der Waals surface area contributed by atoms with Crippen LogP contribution in [0.2, 0.25) is 0 Å². The Hall–Kier alpha value is -1.34. The zero-order valence-corrected chi connectivity index (χ0v) is 19.1. The molecule has 1 saturated carbocycles. The van der Waals surface area contributed by atoms with Gasteiger partial charge in [-0.1, -0.05) is 27.7 Å². The van der Waals surface area contributed by atoms with Crippen LogP contribution in [0.25, 0.3) is 0 Å². The van der Waals surface area contributed by atoms with E-state index in [9.17, 15) is 14.4 Å². The van der Waals surface area contributed by atoms with Crippen molar-refractivity contribution in [2.24, 2.45) is 11.3 Å². The van der Waals surface area contributed by atoms with E-state index in [1.165, 1.54) is 4.90 Å². The second kappa shape index (κ2) is 9.21. The van der Waals surface area contributed by atoms with Crippen LogP contribution in [0.15, 0.2) is 0 Å². The molecule has 2 heterocycles. The largest absolute Gasteiger partial charge is 0.338 e. The molecule has 2 atom stereocenters. The number of hydrogen-bond acceptors (Lipinski definition) is 4. The number of nitrogens with one attached hydrogen (secondary N) is 2. The highest BCUT2D eigenvalue weighted by molar-refractivity contribution is 6.09. The fourth-order valence-corrected chi connectivity index (χ4v) is 5.75. The molecule has 2 unspecified atom stereocenters. The summed E-state index contributed by atoms with van der Waals surface area (Å²) in [5, 5.41) is 6.29. The Bertz CT molecular complexity index is 635. The molecule has 0 bridgehead atoms. The van der Waals surface area contributed by atoms with Gasteiger partial charge in [-0.2, -0.15) is 0 Å². The molecule has 0 radical (unpaired) electrons. The van der Waals surface area contributed by atoms with Crippen LogP contribution in [-0.4, -0.2) is 65.4 Å². The van der Waals surface area contributed by atoms with Crippen molar-refractivity contribution in [3.8, 4) is 0 Å². The number of nitrogens with zero attached hydrogens (tertiary/aromatic N) is 2. The molecule has 166 valence electrons. The SMILES string of the molecule is CCCN(C(=O)CN1C(=O)NC2(CC(C)CC(C)(C)C2)C1=O)C1CCNCC1.Cl. The summed E-state index contributed by atoms with van der Waals surface area (Å²) in [5.41, 5.74) is -0.854. The molecule has 3 fully saturated rings. The maximum absolute atomic E-state index is 13.3. The summed E-state index contributed by atoms with van der Waals surface area (Å²) in [6.07, 6.45) is 5.02. The molecule has 2 aliphatic heterocycles. The predicted octanol–water partition coefficient (Wildman–Crippen LogP) is 2.54.